The maximum absolute atomic E-state index is 13.3. The first-order chi connectivity index (χ1) is 17.9. The largest absolute Gasteiger partial charge is 0.507 e. The van der Waals surface area contributed by atoms with Crippen molar-refractivity contribution >= 4 is 33.9 Å². The number of aliphatic hydroxyl groups excluding tert-OH is 1. The van der Waals surface area contributed by atoms with E-state index in [4.69, 9.17) is 9.47 Å². The highest BCUT2D eigenvalue weighted by Gasteiger charge is 2.48. The molecule has 8 nitrogen and oxygen atoms in total. The Hall–Kier alpha value is -3.72. The van der Waals surface area contributed by atoms with Crippen molar-refractivity contribution in [1.82, 2.24) is 10.2 Å². The molecule has 1 unspecified atom stereocenters. The van der Waals surface area contributed by atoms with Crippen LogP contribution in [0.15, 0.2) is 54.1 Å². The Morgan fingerprint density at radius 2 is 1.73 bits per heavy atom. The topological polar surface area (TPSA) is 102 Å². The van der Waals surface area contributed by atoms with Crippen LogP contribution in [-0.4, -0.2) is 40.2 Å². The minimum atomic E-state index is -0.887. The van der Waals surface area contributed by atoms with Gasteiger partial charge in [-0.1, -0.05) is 50.2 Å². The number of amides is 1. The number of carbonyl (C=O) groups excluding carboxylic acids is 2. The van der Waals surface area contributed by atoms with Gasteiger partial charge in [0.05, 0.1) is 24.8 Å². The summed E-state index contributed by atoms with van der Waals surface area (Å²) in [4.78, 5) is 27.9. The second-order valence-electron chi connectivity index (χ2n) is 8.77. The third-order valence-corrected chi connectivity index (χ3v) is 6.79. The van der Waals surface area contributed by atoms with Crippen LogP contribution in [0.3, 0.4) is 0 Å². The lowest BCUT2D eigenvalue weighted by molar-refractivity contribution is -0.132. The molecule has 1 amide bonds. The van der Waals surface area contributed by atoms with Crippen LogP contribution in [0.5, 0.6) is 11.5 Å². The van der Waals surface area contributed by atoms with Crippen molar-refractivity contribution in [2.24, 2.45) is 0 Å². The zero-order chi connectivity index (χ0) is 26.4. The van der Waals surface area contributed by atoms with E-state index in [1.165, 1.54) is 16.2 Å². The van der Waals surface area contributed by atoms with Crippen LogP contribution in [-0.2, 0) is 9.59 Å². The Kier molecular flexibility index (Phi) is 8.55. The highest BCUT2D eigenvalue weighted by Crippen LogP contribution is 2.43. The van der Waals surface area contributed by atoms with Gasteiger partial charge in [0.2, 0.25) is 5.13 Å². The smallest absolute Gasteiger partial charge is 0.301 e. The first-order valence-corrected chi connectivity index (χ1v) is 13.3. The standard InChI is InChI=1S/C28H31N3O5S/c1-4-6-7-16-36-22-10-8-9-20(17-22)24-23(25(32)19-11-13-21(14-12-19)35-15-5-2)26(33)27(34)31(24)28-30-29-18(3)37-28/h8-14,17,24,32H,4-7,15-16H2,1-3H3. The summed E-state index contributed by atoms with van der Waals surface area (Å²) in [7, 11) is 0. The molecule has 9 heteroatoms. The van der Waals surface area contributed by atoms with Gasteiger partial charge in [0.1, 0.15) is 22.3 Å². The highest BCUT2D eigenvalue weighted by atomic mass is 32.1. The number of unbranched alkanes of at least 4 members (excludes halogenated alkanes) is 2. The second kappa shape index (κ2) is 12.0. The van der Waals surface area contributed by atoms with Gasteiger partial charge in [0.15, 0.2) is 0 Å². The molecule has 1 aliphatic heterocycles. The van der Waals surface area contributed by atoms with Crippen LogP contribution < -0.4 is 14.4 Å². The lowest BCUT2D eigenvalue weighted by Crippen LogP contribution is -2.29. The molecule has 0 aliphatic carbocycles. The number of benzene rings is 2. The van der Waals surface area contributed by atoms with E-state index in [2.05, 4.69) is 17.1 Å². The molecule has 0 bridgehead atoms. The average Bonchev–Trinajstić information content (AvgIpc) is 3.45. The summed E-state index contributed by atoms with van der Waals surface area (Å²) in [5.41, 5.74) is 1.03. The number of ketones is 1. The number of aromatic nitrogens is 2. The van der Waals surface area contributed by atoms with Gasteiger partial charge in [0, 0.05) is 5.56 Å². The average molecular weight is 522 g/mol. The van der Waals surface area contributed by atoms with E-state index in [-0.39, 0.29) is 11.3 Å². The lowest BCUT2D eigenvalue weighted by atomic mass is 9.95. The third kappa shape index (κ3) is 5.83. The molecule has 3 aromatic rings. The highest BCUT2D eigenvalue weighted by molar-refractivity contribution is 7.15. The van der Waals surface area contributed by atoms with Crippen molar-refractivity contribution in [2.75, 3.05) is 18.1 Å². The lowest BCUT2D eigenvalue weighted by Gasteiger charge is -2.23. The second-order valence-corrected chi connectivity index (χ2v) is 9.93. The summed E-state index contributed by atoms with van der Waals surface area (Å²) in [5, 5.41) is 20.4. The minimum absolute atomic E-state index is 0.0109. The maximum Gasteiger partial charge on any atom is 0.301 e. The molecule has 2 aromatic carbocycles. The number of hydrogen-bond donors (Lipinski definition) is 1. The van der Waals surface area contributed by atoms with E-state index < -0.39 is 17.7 Å². The van der Waals surface area contributed by atoms with Crippen LogP contribution in [0.25, 0.3) is 5.76 Å². The van der Waals surface area contributed by atoms with E-state index >= 15 is 0 Å². The molecular weight excluding hydrogens is 490 g/mol. The Morgan fingerprint density at radius 1 is 0.973 bits per heavy atom. The van der Waals surface area contributed by atoms with Crippen molar-refractivity contribution < 1.29 is 24.2 Å². The molecule has 0 saturated carbocycles. The summed E-state index contributed by atoms with van der Waals surface area (Å²) in [6, 6.07) is 13.2. The Morgan fingerprint density at radius 3 is 2.41 bits per heavy atom. The van der Waals surface area contributed by atoms with Crippen LogP contribution in [0.2, 0.25) is 0 Å². The van der Waals surface area contributed by atoms with Gasteiger partial charge in [-0.05, 0) is 61.7 Å². The molecule has 2 heterocycles. The van der Waals surface area contributed by atoms with Crippen LogP contribution in [0, 0.1) is 6.92 Å². The summed E-state index contributed by atoms with van der Waals surface area (Å²) in [6.07, 6.45) is 3.96. The third-order valence-electron chi connectivity index (χ3n) is 5.96. The number of Topliss-reactive ketones (excluding diaryl/α,β-unsaturated/α-hetero) is 1. The molecule has 0 spiro atoms. The predicted octanol–water partition coefficient (Wildman–Crippen LogP) is 5.83. The normalized spacial score (nSPS) is 16.8. The molecule has 1 N–H and O–H groups in total. The fourth-order valence-electron chi connectivity index (χ4n) is 4.13. The van der Waals surface area contributed by atoms with Crippen LogP contribution in [0.4, 0.5) is 5.13 Å². The van der Waals surface area contributed by atoms with Gasteiger partial charge in [-0.3, -0.25) is 14.5 Å². The van der Waals surface area contributed by atoms with Crippen molar-refractivity contribution in [3.05, 3.63) is 70.2 Å². The van der Waals surface area contributed by atoms with Crippen molar-refractivity contribution in [2.45, 2.75) is 52.5 Å². The first-order valence-electron chi connectivity index (χ1n) is 12.5. The summed E-state index contributed by atoms with van der Waals surface area (Å²) < 4.78 is 11.6. The molecule has 37 heavy (non-hydrogen) atoms. The number of ether oxygens (including phenoxy) is 2. The number of aliphatic hydroxyl groups is 1. The molecule has 0 radical (unpaired) electrons. The Labute approximate surface area is 220 Å². The van der Waals surface area contributed by atoms with Gasteiger partial charge < -0.3 is 14.6 Å². The zero-order valence-electron chi connectivity index (χ0n) is 21.3. The SMILES string of the molecule is CCCCCOc1cccc(C2C(=C(O)c3ccc(OCCC)cc3)C(=O)C(=O)N2c2nnc(C)s2)c1. The number of hydrogen-bond acceptors (Lipinski definition) is 8. The van der Waals surface area contributed by atoms with Crippen molar-refractivity contribution in [3.8, 4) is 11.5 Å². The maximum atomic E-state index is 13.3. The molecule has 1 fully saturated rings. The van der Waals surface area contributed by atoms with Gasteiger partial charge in [-0.15, -0.1) is 10.2 Å². The fourth-order valence-corrected chi connectivity index (χ4v) is 4.84. The molecular formula is C28H31N3O5S. The molecule has 1 saturated heterocycles. The summed E-state index contributed by atoms with van der Waals surface area (Å²) in [6.45, 7) is 7.07. The predicted molar refractivity (Wildman–Crippen MR) is 143 cm³/mol. The molecule has 4 rings (SSSR count). The Balaban J connectivity index is 1.77. The summed E-state index contributed by atoms with van der Waals surface area (Å²) >= 11 is 1.21. The van der Waals surface area contributed by atoms with Crippen molar-refractivity contribution in [3.63, 3.8) is 0 Å². The molecule has 1 atom stereocenters. The number of nitrogens with zero attached hydrogens (tertiary/aromatic N) is 3. The zero-order valence-corrected chi connectivity index (χ0v) is 22.1. The molecule has 1 aromatic heterocycles. The first kappa shape index (κ1) is 26.3. The minimum Gasteiger partial charge on any atom is -0.507 e. The van der Waals surface area contributed by atoms with E-state index in [1.54, 1.807) is 37.3 Å². The van der Waals surface area contributed by atoms with Crippen LogP contribution >= 0.6 is 11.3 Å². The quantitative estimate of drug-likeness (QED) is 0.147. The summed E-state index contributed by atoms with van der Waals surface area (Å²) in [5.74, 6) is -0.517. The Bertz CT molecular complexity index is 1280. The van der Waals surface area contributed by atoms with Gasteiger partial charge in [-0.25, -0.2) is 0 Å². The molecule has 1 aliphatic rings. The van der Waals surface area contributed by atoms with Gasteiger partial charge in [-0.2, -0.15) is 0 Å². The fraction of sp³-hybridized carbons (Fsp3) is 0.357. The van der Waals surface area contributed by atoms with Gasteiger partial charge >= 0.3 is 5.91 Å². The van der Waals surface area contributed by atoms with Crippen molar-refractivity contribution in [1.29, 1.82) is 0 Å². The number of rotatable bonds is 11. The monoisotopic (exact) mass is 521 g/mol. The van der Waals surface area contributed by atoms with E-state index in [1.807, 2.05) is 25.1 Å². The van der Waals surface area contributed by atoms with E-state index in [9.17, 15) is 14.7 Å². The number of carbonyl (C=O) groups is 2. The van der Waals surface area contributed by atoms with Crippen LogP contribution in [0.1, 0.15) is 61.7 Å². The van der Waals surface area contributed by atoms with E-state index in [0.29, 0.717) is 46.0 Å². The number of aryl methyl sites for hydroxylation is 1. The van der Waals surface area contributed by atoms with E-state index in [0.717, 1.165) is 25.7 Å². The molecule has 194 valence electrons. The van der Waals surface area contributed by atoms with Gasteiger partial charge in [0.25, 0.3) is 5.78 Å². The number of anilines is 1.